The Labute approximate surface area is 114 Å². The van der Waals surface area contributed by atoms with Gasteiger partial charge >= 0.3 is 0 Å². The molecule has 0 bridgehead atoms. The van der Waals surface area contributed by atoms with Crippen molar-refractivity contribution in [1.82, 2.24) is 0 Å². The van der Waals surface area contributed by atoms with Crippen LogP contribution < -0.4 is 0 Å². The third-order valence-electron chi connectivity index (χ3n) is 3.18. The van der Waals surface area contributed by atoms with Crippen molar-refractivity contribution in [2.45, 2.75) is 45.4 Å². The van der Waals surface area contributed by atoms with Crippen LogP contribution in [0.5, 0.6) is 0 Å². The quantitative estimate of drug-likeness (QED) is 0.754. The van der Waals surface area contributed by atoms with Gasteiger partial charge in [0.15, 0.2) is 5.78 Å². The first kappa shape index (κ1) is 15.9. The van der Waals surface area contributed by atoms with Crippen LogP contribution in [-0.2, 0) is 19.1 Å². The molecular weight excluding hydrogens is 264 g/mol. The highest BCUT2D eigenvalue weighted by Crippen LogP contribution is 2.23. The molecule has 4 nitrogen and oxygen atoms in total. The summed E-state index contributed by atoms with van der Waals surface area (Å²) in [5, 5.41) is 0. The summed E-state index contributed by atoms with van der Waals surface area (Å²) < 4.78 is 28.9. The van der Waals surface area contributed by atoms with Crippen LogP contribution in [0.15, 0.2) is 17.0 Å². The van der Waals surface area contributed by atoms with Gasteiger partial charge in [0.1, 0.15) is 6.61 Å². The van der Waals surface area contributed by atoms with Crippen LogP contribution in [0.25, 0.3) is 0 Å². The largest absolute Gasteiger partial charge is 0.297 e. The minimum atomic E-state index is -3.86. The van der Waals surface area contributed by atoms with Crippen LogP contribution in [0.2, 0.25) is 0 Å². The summed E-state index contributed by atoms with van der Waals surface area (Å²) in [6, 6.07) is 3.27. The van der Waals surface area contributed by atoms with Gasteiger partial charge in [0.25, 0.3) is 10.1 Å². The van der Waals surface area contributed by atoms with Crippen molar-refractivity contribution in [3.05, 3.63) is 28.8 Å². The molecule has 0 N–H and O–H groups in total. The number of carbonyl (C=O) groups is 1. The van der Waals surface area contributed by atoms with E-state index in [0.29, 0.717) is 18.4 Å². The lowest BCUT2D eigenvalue weighted by Crippen LogP contribution is -2.15. The Morgan fingerprint density at radius 3 is 2.37 bits per heavy atom. The van der Waals surface area contributed by atoms with Crippen molar-refractivity contribution in [2.24, 2.45) is 0 Å². The first-order chi connectivity index (χ1) is 8.79. The van der Waals surface area contributed by atoms with Gasteiger partial charge in [0.05, 0.1) is 4.90 Å². The van der Waals surface area contributed by atoms with Gasteiger partial charge < -0.3 is 0 Å². The van der Waals surface area contributed by atoms with Crippen molar-refractivity contribution >= 4 is 15.9 Å². The zero-order valence-corrected chi connectivity index (χ0v) is 12.6. The Kier molecular flexibility index (Phi) is 5.26. The van der Waals surface area contributed by atoms with E-state index in [1.165, 1.54) is 6.07 Å². The molecule has 0 unspecified atom stereocenters. The molecule has 0 saturated heterocycles. The van der Waals surface area contributed by atoms with Crippen LogP contribution in [0.4, 0.5) is 0 Å². The Balaban J connectivity index is 2.96. The number of hydrogen-bond donors (Lipinski definition) is 0. The third-order valence-corrected chi connectivity index (χ3v) is 4.59. The maximum Gasteiger partial charge on any atom is 0.297 e. The Bertz CT molecular complexity index is 573. The monoisotopic (exact) mass is 284 g/mol. The molecule has 0 heterocycles. The van der Waals surface area contributed by atoms with E-state index in [1.54, 1.807) is 13.0 Å². The molecule has 19 heavy (non-hydrogen) atoms. The summed E-state index contributed by atoms with van der Waals surface area (Å²) in [6.45, 7) is 7.01. The van der Waals surface area contributed by atoms with Crippen molar-refractivity contribution in [3.8, 4) is 0 Å². The maximum atomic E-state index is 12.1. The number of ketones is 1. The van der Waals surface area contributed by atoms with Gasteiger partial charge in [0.2, 0.25) is 0 Å². The van der Waals surface area contributed by atoms with Gasteiger partial charge in [0, 0.05) is 6.42 Å². The number of hydrogen-bond acceptors (Lipinski definition) is 4. The maximum absolute atomic E-state index is 12.1. The number of benzene rings is 1. The molecule has 0 fully saturated rings. The normalized spacial score (nSPS) is 11.6. The van der Waals surface area contributed by atoms with Gasteiger partial charge in [-0.25, -0.2) is 0 Å². The van der Waals surface area contributed by atoms with Crippen LogP contribution in [-0.4, -0.2) is 20.8 Å². The first-order valence-corrected chi connectivity index (χ1v) is 7.68. The summed E-state index contributed by atoms with van der Waals surface area (Å²) in [6.07, 6.45) is 1.02. The molecule has 0 spiro atoms. The lowest BCUT2D eigenvalue weighted by molar-refractivity contribution is -0.121. The molecule has 1 aromatic carbocycles. The number of rotatable bonds is 6. The van der Waals surface area contributed by atoms with E-state index >= 15 is 0 Å². The summed E-state index contributed by atoms with van der Waals surface area (Å²) in [7, 11) is -3.86. The fourth-order valence-electron chi connectivity index (χ4n) is 1.76. The Hall–Kier alpha value is -1.20. The molecule has 0 atom stereocenters. The highest BCUT2D eigenvalue weighted by Gasteiger charge is 2.20. The molecule has 1 aromatic rings. The lowest BCUT2D eigenvalue weighted by atomic mass is 10.1. The summed E-state index contributed by atoms with van der Waals surface area (Å²) in [5.74, 6) is -0.201. The molecule has 0 aliphatic carbocycles. The molecule has 0 saturated carbocycles. The molecule has 0 aliphatic heterocycles. The van der Waals surface area contributed by atoms with E-state index in [1.807, 2.05) is 20.8 Å². The molecular formula is C14H20O4S. The fourth-order valence-corrected chi connectivity index (χ4v) is 2.94. The predicted molar refractivity (Wildman–Crippen MR) is 73.7 cm³/mol. The standard InChI is InChI=1S/C14H20O4S/c1-5-6-13(15)9-18-19(16,17)14-8-7-10(2)11(3)12(14)4/h7-8H,5-6,9H2,1-4H3. The number of aryl methyl sites for hydroxylation is 1. The van der Waals surface area contributed by atoms with Gasteiger partial charge in [-0.05, 0) is 49.9 Å². The van der Waals surface area contributed by atoms with E-state index in [0.717, 1.165) is 11.1 Å². The molecule has 106 valence electrons. The average molecular weight is 284 g/mol. The van der Waals surface area contributed by atoms with Gasteiger partial charge in [-0.15, -0.1) is 0 Å². The van der Waals surface area contributed by atoms with Crippen molar-refractivity contribution in [1.29, 1.82) is 0 Å². The molecule has 0 aromatic heterocycles. The van der Waals surface area contributed by atoms with Gasteiger partial charge in [-0.1, -0.05) is 13.0 Å². The molecule has 0 aliphatic rings. The highest BCUT2D eigenvalue weighted by molar-refractivity contribution is 7.86. The van der Waals surface area contributed by atoms with Crippen LogP contribution in [0, 0.1) is 20.8 Å². The second-order valence-electron chi connectivity index (χ2n) is 4.64. The summed E-state index contributed by atoms with van der Waals surface area (Å²) in [4.78, 5) is 11.5. The highest BCUT2D eigenvalue weighted by atomic mass is 32.2. The minimum absolute atomic E-state index is 0.139. The topological polar surface area (TPSA) is 60.4 Å². The smallest absolute Gasteiger partial charge is 0.297 e. The molecule has 0 amide bonds. The average Bonchev–Trinajstić information content (AvgIpc) is 2.34. The van der Waals surface area contributed by atoms with E-state index in [9.17, 15) is 13.2 Å². The second kappa shape index (κ2) is 6.30. The Morgan fingerprint density at radius 1 is 1.16 bits per heavy atom. The van der Waals surface area contributed by atoms with Crippen molar-refractivity contribution in [2.75, 3.05) is 6.61 Å². The van der Waals surface area contributed by atoms with Crippen LogP contribution >= 0.6 is 0 Å². The lowest BCUT2D eigenvalue weighted by Gasteiger charge is -2.11. The molecule has 5 heteroatoms. The van der Waals surface area contributed by atoms with Crippen molar-refractivity contribution < 1.29 is 17.4 Å². The van der Waals surface area contributed by atoms with E-state index < -0.39 is 10.1 Å². The van der Waals surface area contributed by atoms with E-state index in [2.05, 4.69) is 0 Å². The predicted octanol–water partition coefficient (Wildman–Crippen LogP) is 2.69. The third kappa shape index (κ3) is 3.88. The zero-order chi connectivity index (χ0) is 14.6. The molecule has 0 radical (unpaired) electrons. The number of Topliss-reactive ketones (excluding diaryl/α,β-unsaturated/α-hetero) is 1. The van der Waals surface area contributed by atoms with Gasteiger partial charge in [-0.2, -0.15) is 8.42 Å². The van der Waals surface area contributed by atoms with E-state index in [4.69, 9.17) is 4.18 Å². The molecule has 1 rings (SSSR count). The fraction of sp³-hybridized carbons (Fsp3) is 0.500. The van der Waals surface area contributed by atoms with Crippen molar-refractivity contribution in [3.63, 3.8) is 0 Å². The second-order valence-corrected chi connectivity index (χ2v) is 6.22. The van der Waals surface area contributed by atoms with Crippen LogP contribution in [0.1, 0.15) is 36.5 Å². The minimum Gasteiger partial charge on any atom is -0.297 e. The van der Waals surface area contributed by atoms with Gasteiger partial charge in [-0.3, -0.25) is 8.98 Å². The summed E-state index contributed by atoms with van der Waals surface area (Å²) >= 11 is 0. The van der Waals surface area contributed by atoms with Crippen LogP contribution in [0.3, 0.4) is 0 Å². The number of carbonyl (C=O) groups excluding carboxylic acids is 1. The summed E-state index contributed by atoms with van der Waals surface area (Å²) in [5.41, 5.74) is 2.62. The van der Waals surface area contributed by atoms with E-state index in [-0.39, 0.29) is 17.3 Å². The SMILES string of the molecule is CCCC(=O)COS(=O)(=O)c1ccc(C)c(C)c1C. The first-order valence-electron chi connectivity index (χ1n) is 6.27. The Morgan fingerprint density at radius 2 is 1.79 bits per heavy atom. The zero-order valence-electron chi connectivity index (χ0n) is 11.8.